The van der Waals surface area contributed by atoms with Crippen LogP contribution in [0, 0.1) is 35.0 Å². The Kier molecular flexibility index (Phi) is 5.53. The van der Waals surface area contributed by atoms with Crippen molar-refractivity contribution in [1.29, 1.82) is 0 Å². The lowest BCUT2D eigenvalue weighted by Crippen LogP contribution is -2.50. The number of hydrogen-bond acceptors (Lipinski definition) is 3. The molecule has 36 heavy (non-hydrogen) atoms. The van der Waals surface area contributed by atoms with Crippen molar-refractivity contribution in [3.63, 3.8) is 0 Å². The zero-order valence-corrected chi connectivity index (χ0v) is 23.1. The fourth-order valence-electron chi connectivity index (χ4n) is 9.40. The first-order valence-electron chi connectivity index (χ1n) is 15.0. The molecule has 7 aliphatic rings. The Hall–Kier alpha value is -1.58. The molecule has 0 aromatic rings. The van der Waals surface area contributed by atoms with Gasteiger partial charge in [0.2, 0.25) is 0 Å². The van der Waals surface area contributed by atoms with E-state index in [-0.39, 0.29) is 11.5 Å². The van der Waals surface area contributed by atoms with E-state index in [9.17, 15) is 0 Å². The van der Waals surface area contributed by atoms with Gasteiger partial charge in [-0.15, -0.1) is 0 Å². The van der Waals surface area contributed by atoms with Gasteiger partial charge < -0.3 is 9.64 Å². The molecule has 0 N–H and O–H groups in total. The molecule has 3 heterocycles. The van der Waals surface area contributed by atoms with Gasteiger partial charge in [0.1, 0.15) is 0 Å². The van der Waals surface area contributed by atoms with Gasteiger partial charge in [0, 0.05) is 47.5 Å². The van der Waals surface area contributed by atoms with Crippen LogP contribution in [0.5, 0.6) is 0 Å². The minimum Gasteiger partial charge on any atom is -0.369 e. The zero-order chi connectivity index (χ0) is 24.8. The fraction of sp³-hybridized carbons (Fsp3) is 0.697. The van der Waals surface area contributed by atoms with Gasteiger partial charge >= 0.3 is 0 Å². The lowest BCUT2D eigenvalue weighted by Gasteiger charge is -2.46. The number of fused-ring (bicyclic) bond motifs is 9. The first-order chi connectivity index (χ1) is 17.4. The molecule has 194 valence electrons. The van der Waals surface area contributed by atoms with E-state index in [1.807, 2.05) is 0 Å². The summed E-state index contributed by atoms with van der Waals surface area (Å²) in [6.45, 7) is 13.4. The lowest BCUT2D eigenvalue weighted by atomic mass is 9.65. The minimum atomic E-state index is 0.126. The normalized spacial score (nSPS) is 45.2. The summed E-state index contributed by atoms with van der Waals surface area (Å²) in [5.41, 5.74) is 5.12. The third kappa shape index (κ3) is 3.17. The topological polar surface area (TPSA) is 15.7 Å². The predicted octanol–water partition coefficient (Wildman–Crippen LogP) is 6.86. The number of rotatable bonds is 3. The van der Waals surface area contributed by atoms with Crippen molar-refractivity contribution in [2.75, 3.05) is 6.54 Å². The molecule has 0 radical (unpaired) electrons. The molecule has 0 aromatic carbocycles. The summed E-state index contributed by atoms with van der Waals surface area (Å²) in [6.07, 6.45) is 25.7. The maximum Gasteiger partial charge on any atom is 0.0919 e. The summed E-state index contributed by atoms with van der Waals surface area (Å²) in [5.74, 6) is 2.91. The first kappa shape index (κ1) is 23.5. The number of allylic oxidation sites excluding steroid dienone is 7. The SMILES string of the molecule is CC(C)C1=C(N2C3CCCCC3N3CC4=CCC5C(OC6C=CC=CC65C)C4C32)C(C(C)C)CC=C1. The fourth-order valence-corrected chi connectivity index (χ4v) is 9.40. The van der Waals surface area contributed by atoms with Crippen molar-refractivity contribution in [2.45, 2.75) is 104 Å². The second-order valence-electron chi connectivity index (χ2n) is 13.7. The van der Waals surface area contributed by atoms with Gasteiger partial charge in [-0.1, -0.05) is 95.6 Å². The van der Waals surface area contributed by atoms with E-state index in [0.717, 1.165) is 0 Å². The molecule has 4 aliphatic carbocycles. The molecule has 0 aromatic heterocycles. The first-order valence-corrected chi connectivity index (χ1v) is 15.0. The van der Waals surface area contributed by atoms with Gasteiger partial charge in [-0.05, 0) is 43.1 Å². The molecule has 4 fully saturated rings. The van der Waals surface area contributed by atoms with E-state index in [0.29, 0.717) is 53.9 Å². The summed E-state index contributed by atoms with van der Waals surface area (Å²) >= 11 is 0. The number of nitrogens with zero attached hydrogens (tertiary/aromatic N) is 2. The second-order valence-corrected chi connectivity index (χ2v) is 13.7. The van der Waals surface area contributed by atoms with Crippen LogP contribution in [0.15, 0.2) is 59.4 Å². The van der Waals surface area contributed by atoms with Crippen molar-refractivity contribution < 1.29 is 4.74 Å². The van der Waals surface area contributed by atoms with Gasteiger partial charge in [0.15, 0.2) is 0 Å². The van der Waals surface area contributed by atoms with E-state index in [4.69, 9.17) is 4.74 Å². The highest BCUT2D eigenvalue weighted by Gasteiger charge is 2.64. The van der Waals surface area contributed by atoms with Crippen LogP contribution in [-0.4, -0.2) is 46.8 Å². The smallest absolute Gasteiger partial charge is 0.0919 e. The van der Waals surface area contributed by atoms with Crippen LogP contribution in [0.4, 0.5) is 0 Å². The Morgan fingerprint density at radius 3 is 2.61 bits per heavy atom. The van der Waals surface area contributed by atoms with Gasteiger partial charge in [-0.2, -0.15) is 0 Å². The number of ether oxygens (including phenoxy) is 1. The maximum atomic E-state index is 7.07. The van der Waals surface area contributed by atoms with Crippen LogP contribution in [0.3, 0.4) is 0 Å². The maximum absolute atomic E-state index is 7.07. The highest BCUT2D eigenvalue weighted by atomic mass is 16.5. The molecule has 9 unspecified atom stereocenters. The molecule has 7 rings (SSSR count). The molecule has 3 heteroatoms. The second kappa shape index (κ2) is 8.46. The Balaban J connectivity index is 1.36. The lowest BCUT2D eigenvalue weighted by molar-refractivity contribution is -0.0126. The van der Waals surface area contributed by atoms with Crippen molar-refractivity contribution in [2.24, 2.45) is 35.0 Å². The monoisotopic (exact) mass is 486 g/mol. The molecule has 0 spiro atoms. The Morgan fingerprint density at radius 2 is 1.83 bits per heavy atom. The van der Waals surface area contributed by atoms with Crippen molar-refractivity contribution in [1.82, 2.24) is 9.80 Å². The molecular formula is C33H46N2O. The molecular weight excluding hydrogens is 440 g/mol. The molecule has 0 amide bonds. The average molecular weight is 487 g/mol. The van der Waals surface area contributed by atoms with Gasteiger partial charge in [-0.25, -0.2) is 0 Å². The molecule has 3 saturated heterocycles. The predicted molar refractivity (Wildman–Crippen MR) is 147 cm³/mol. The summed E-state index contributed by atoms with van der Waals surface area (Å²) < 4.78 is 7.07. The van der Waals surface area contributed by atoms with E-state index in [1.165, 1.54) is 45.1 Å². The third-order valence-corrected chi connectivity index (χ3v) is 11.2. The molecule has 0 bridgehead atoms. The molecule has 3 nitrogen and oxygen atoms in total. The van der Waals surface area contributed by atoms with Crippen LogP contribution in [0.25, 0.3) is 0 Å². The van der Waals surface area contributed by atoms with Crippen LogP contribution >= 0.6 is 0 Å². The highest BCUT2D eigenvalue weighted by Crippen LogP contribution is 2.59. The zero-order valence-electron chi connectivity index (χ0n) is 23.1. The van der Waals surface area contributed by atoms with Crippen LogP contribution in [0.1, 0.15) is 73.1 Å². The Labute approximate surface area is 219 Å². The summed E-state index contributed by atoms with van der Waals surface area (Å²) in [7, 11) is 0. The highest BCUT2D eigenvalue weighted by molar-refractivity contribution is 5.39. The van der Waals surface area contributed by atoms with Gasteiger partial charge in [0.05, 0.1) is 18.4 Å². The molecule has 3 aliphatic heterocycles. The summed E-state index contributed by atoms with van der Waals surface area (Å²) in [6, 6.07) is 1.37. The standard InChI is InChI=1S/C33H46N2O/c1-20(2)23-11-10-12-24(21(3)4)30(23)35-27-14-7-6-13-26(27)34-19-22-16-17-25-31(29(22)32(34)35)36-28-15-8-9-18-33(25,28)5/h8-11,15-16,18,20-21,24-29,31-32H,6-7,12-14,17,19H2,1-5H3. The van der Waals surface area contributed by atoms with Crippen molar-refractivity contribution in [3.8, 4) is 0 Å². The van der Waals surface area contributed by atoms with E-state index >= 15 is 0 Å². The Bertz CT molecular complexity index is 1060. The van der Waals surface area contributed by atoms with Crippen molar-refractivity contribution >= 4 is 0 Å². The van der Waals surface area contributed by atoms with Crippen LogP contribution in [-0.2, 0) is 4.74 Å². The molecule has 9 atom stereocenters. The van der Waals surface area contributed by atoms with Crippen LogP contribution in [0.2, 0.25) is 0 Å². The Morgan fingerprint density at radius 1 is 1.03 bits per heavy atom. The summed E-state index contributed by atoms with van der Waals surface area (Å²) in [4.78, 5) is 6.00. The van der Waals surface area contributed by atoms with E-state index in [1.54, 1.807) is 16.8 Å². The van der Waals surface area contributed by atoms with Gasteiger partial charge in [0.25, 0.3) is 0 Å². The van der Waals surface area contributed by atoms with Gasteiger partial charge in [-0.3, -0.25) is 4.90 Å². The average Bonchev–Trinajstić information content (AvgIpc) is 3.49. The molecule has 1 saturated carbocycles. The largest absolute Gasteiger partial charge is 0.369 e. The summed E-state index contributed by atoms with van der Waals surface area (Å²) in [5, 5.41) is 0. The quantitative estimate of drug-likeness (QED) is 0.405. The van der Waals surface area contributed by atoms with Crippen LogP contribution < -0.4 is 0 Å². The van der Waals surface area contributed by atoms with E-state index in [2.05, 4.69) is 87.0 Å². The third-order valence-electron chi connectivity index (χ3n) is 11.2. The number of hydrogen-bond donors (Lipinski definition) is 0. The van der Waals surface area contributed by atoms with E-state index < -0.39 is 0 Å². The van der Waals surface area contributed by atoms with Crippen molar-refractivity contribution in [3.05, 3.63) is 59.4 Å². The minimum absolute atomic E-state index is 0.126.